The highest BCUT2D eigenvalue weighted by molar-refractivity contribution is 5.77. The zero-order valence-corrected chi connectivity index (χ0v) is 8.86. The lowest BCUT2D eigenvalue weighted by Crippen LogP contribution is -2.16. The van der Waals surface area contributed by atoms with Crippen LogP contribution in [0.3, 0.4) is 0 Å². The third kappa shape index (κ3) is 2.50. The normalized spacial score (nSPS) is 10.2. The molecule has 16 heavy (non-hydrogen) atoms. The predicted molar refractivity (Wildman–Crippen MR) is 63.3 cm³/mol. The summed E-state index contributed by atoms with van der Waals surface area (Å²) in [7, 11) is 0. The summed E-state index contributed by atoms with van der Waals surface area (Å²) < 4.78 is 0. The van der Waals surface area contributed by atoms with Gasteiger partial charge in [0.25, 0.3) is 0 Å². The molecule has 1 aromatic carbocycles. The highest BCUT2D eigenvalue weighted by atomic mass is 16.1. The Morgan fingerprint density at radius 1 is 1.31 bits per heavy atom. The van der Waals surface area contributed by atoms with Gasteiger partial charge in [0.15, 0.2) is 0 Å². The molecule has 0 fully saturated rings. The van der Waals surface area contributed by atoms with Crippen LogP contribution in [-0.4, -0.2) is 29.5 Å². The van der Waals surface area contributed by atoms with E-state index in [0.29, 0.717) is 13.0 Å². The first-order chi connectivity index (χ1) is 7.90. The number of para-hydroxylation sites is 2. The monoisotopic (exact) mass is 218 g/mol. The molecule has 0 spiro atoms. The van der Waals surface area contributed by atoms with E-state index in [9.17, 15) is 4.79 Å². The number of aromatic amines is 1. The van der Waals surface area contributed by atoms with Crippen molar-refractivity contribution in [3.05, 3.63) is 24.3 Å². The Labute approximate surface area is 93.3 Å². The molecule has 0 aliphatic heterocycles. The maximum absolute atomic E-state index is 10.0. The lowest BCUT2D eigenvalue weighted by molar-refractivity contribution is -0.109. The van der Waals surface area contributed by atoms with Gasteiger partial charge in [-0.1, -0.05) is 12.1 Å². The summed E-state index contributed by atoms with van der Waals surface area (Å²) in [5, 5.41) is 5.78. The van der Waals surface area contributed by atoms with Crippen LogP contribution in [0.4, 0.5) is 5.95 Å². The van der Waals surface area contributed by atoms with Crippen molar-refractivity contribution in [2.24, 2.45) is 0 Å². The fourth-order valence-electron chi connectivity index (χ4n) is 1.49. The Kier molecular flexibility index (Phi) is 3.38. The molecule has 1 amide bonds. The summed E-state index contributed by atoms with van der Waals surface area (Å²) in [6.45, 7) is 1.46. The molecule has 0 aliphatic carbocycles. The van der Waals surface area contributed by atoms with Crippen molar-refractivity contribution in [1.29, 1.82) is 0 Å². The molecular weight excluding hydrogens is 204 g/mol. The second kappa shape index (κ2) is 5.16. The molecule has 0 saturated heterocycles. The quantitative estimate of drug-likeness (QED) is 0.502. The number of rotatable bonds is 6. The minimum absolute atomic E-state index is 0.677. The highest BCUT2D eigenvalue weighted by Gasteiger charge is 1.99. The lowest BCUT2D eigenvalue weighted by Gasteiger charge is -2.01. The lowest BCUT2D eigenvalue weighted by atomic mass is 10.3. The topological polar surface area (TPSA) is 69.8 Å². The summed E-state index contributed by atoms with van der Waals surface area (Å²) >= 11 is 0. The van der Waals surface area contributed by atoms with E-state index in [1.54, 1.807) is 0 Å². The third-order valence-corrected chi connectivity index (χ3v) is 2.26. The summed E-state index contributed by atoms with van der Waals surface area (Å²) in [5.41, 5.74) is 1.98. The molecule has 0 bridgehead atoms. The zero-order valence-electron chi connectivity index (χ0n) is 8.86. The molecule has 2 aromatic rings. The highest BCUT2D eigenvalue weighted by Crippen LogP contribution is 2.12. The van der Waals surface area contributed by atoms with E-state index >= 15 is 0 Å². The van der Waals surface area contributed by atoms with Gasteiger partial charge in [-0.3, -0.25) is 4.79 Å². The molecule has 1 aromatic heterocycles. The molecule has 84 valence electrons. The first-order valence-electron chi connectivity index (χ1n) is 5.26. The fourth-order valence-corrected chi connectivity index (χ4v) is 1.49. The number of amides is 1. The van der Waals surface area contributed by atoms with Crippen LogP contribution < -0.4 is 10.6 Å². The average Bonchev–Trinajstić information content (AvgIpc) is 2.71. The van der Waals surface area contributed by atoms with E-state index in [0.717, 1.165) is 29.9 Å². The smallest absolute Gasteiger partial charge is 0.207 e. The Bertz CT molecular complexity index is 433. The second-order valence-electron chi connectivity index (χ2n) is 3.45. The van der Waals surface area contributed by atoms with Gasteiger partial charge in [0.05, 0.1) is 11.0 Å². The molecular formula is C11H14N4O. The van der Waals surface area contributed by atoms with Gasteiger partial charge in [-0.25, -0.2) is 4.98 Å². The van der Waals surface area contributed by atoms with Crippen LogP contribution in [-0.2, 0) is 4.79 Å². The fraction of sp³-hybridized carbons (Fsp3) is 0.273. The van der Waals surface area contributed by atoms with Gasteiger partial charge in [0.1, 0.15) is 0 Å². The van der Waals surface area contributed by atoms with Gasteiger partial charge in [0.2, 0.25) is 12.4 Å². The largest absolute Gasteiger partial charge is 0.359 e. The van der Waals surface area contributed by atoms with Crippen LogP contribution in [0.5, 0.6) is 0 Å². The minimum Gasteiger partial charge on any atom is -0.359 e. The maximum Gasteiger partial charge on any atom is 0.207 e. The number of hydrogen-bond acceptors (Lipinski definition) is 3. The average molecular weight is 218 g/mol. The van der Waals surface area contributed by atoms with Gasteiger partial charge < -0.3 is 15.6 Å². The van der Waals surface area contributed by atoms with Crippen LogP contribution in [0.1, 0.15) is 6.42 Å². The second-order valence-corrected chi connectivity index (χ2v) is 3.45. The van der Waals surface area contributed by atoms with Crippen LogP contribution >= 0.6 is 0 Å². The van der Waals surface area contributed by atoms with Crippen LogP contribution in [0.25, 0.3) is 11.0 Å². The molecule has 1 heterocycles. The minimum atomic E-state index is 0.677. The van der Waals surface area contributed by atoms with Crippen molar-refractivity contribution >= 4 is 23.4 Å². The molecule has 3 N–H and O–H groups in total. The molecule has 0 saturated carbocycles. The van der Waals surface area contributed by atoms with Crippen LogP contribution in [0.15, 0.2) is 24.3 Å². The summed E-state index contributed by atoms with van der Waals surface area (Å²) in [4.78, 5) is 17.6. The van der Waals surface area contributed by atoms with Gasteiger partial charge in [-0.15, -0.1) is 0 Å². The number of H-pyrrole nitrogens is 1. The number of carbonyl (C=O) groups excluding carboxylic acids is 1. The maximum atomic E-state index is 10.0. The number of carbonyl (C=O) groups is 1. The van der Waals surface area contributed by atoms with Crippen LogP contribution in [0, 0.1) is 0 Å². The van der Waals surface area contributed by atoms with E-state index in [2.05, 4.69) is 20.6 Å². The Hall–Kier alpha value is -2.04. The van der Waals surface area contributed by atoms with E-state index in [1.807, 2.05) is 24.3 Å². The number of hydrogen-bond donors (Lipinski definition) is 3. The predicted octanol–water partition coefficient (Wildman–Crippen LogP) is 1.11. The van der Waals surface area contributed by atoms with Crippen molar-refractivity contribution in [2.45, 2.75) is 6.42 Å². The molecule has 0 unspecified atom stereocenters. The van der Waals surface area contributed by atoms with E-state index in [4.69, 9.17) is 0 Å². The van der Waals surface area contributed by atoms with Gasteiger partial charge >= 0.3 is 0 Å². The van der Waals surface area contributed by atoms with Crippen molar-refractivity contribution < 1.29 is 4.79 Å². The molecule has 2 rings (SSSR count). The SMILES string of the molecule is O=CNCCCNc1nc2ccccc2[nH]1. The Balaban J connectivity index is 1.87. The molecule has 0 aliphatic rings. The van der Waals surface area contributed by atoms with Gasteiger partial charge in [-0.2, -0.15) is 0 Å². The van der Waals surface area contributed by atoms with Crippen molar-refractivity contribution in [3.63, 3.8) is 0 Å². The van der Waals surface area contributed by atoms with Crippen LogP contribution in [0.2, 0.25) is 0 Å². The molecule has 0 atom stereocenters. The first-order valence-corrected chi connectivity index (χ1v) is 5.26. The van der Waals surface area contributed by atoms with E-state index in [-0.39, 0.29) is 0 Å². The molecule has 5 heteroatoms. The summed E-state index contributed by atoms with van der Waals surface area (Å²) in [6, 6.07) is 7.88. The number of aromatic nitrogens is 2. The number of imidazole rings is 1. The third-order valence-electron chi connectivity index (χ3n) is 2.26. The van der Waals surface area contributed by atoms with E-state index < -0.39 is 0 Å². The molecule has 0 radical (unpaired) electrons. The van der Waals surface area contributed by atoms with E-state index in [1.165, 1.54) is 0 Å². The van der Waals surface area contributed by atoms with Gasteiger partial charge in [-0.05, 0) is 18.6 Å². The molecule has 5 nitrogen and oxygen atoms in total. The zero-order chi connectivity index (χ0) is 11.2. The number of nitrogens with one attached hydrogen (secondary N) is 3. The number of fused-ring (bicyclic) bond motifs is 1. The van der Waals surface area contributed by atoms with Crippen molar-refractivity contribution in [3.8, 4) is 0 Å². The number of nitrogens with zero attached hydrogens (tertiary/aromatic N) is 1. The summed E-state index contributed by atoms with van der Waals surface area (Å²) in [6.07, 6.45) is 1.58. The standard InChI is InChI=1S/C11H14N4O/c16-8-12-6-3-7-13-11-14-9-4-1-2-5-10(9)15-11/h1-2,4-5,8H,3,6-7H2,(H,12,16)(H2,13,14,15). The van der Waals surface area contributed by atoms with Crippen molar-refractivity contribution in [2.75, 3.05) is 18.4 Å². The van der Waals surface area contributed by atoms with Crippen molar-refractivity contribution in [1.82, 2.24) is 15.3 Å². The number of anilines is 1. The summed E-state index contributed by atoms with van der Waals surface area (Å²) in [5.74, 6) is 0.771. The first kappa shape index (κ1) is 10.5. The Morgan fingerprint density at radius 2 is 2.19 bits per heavy atom. The number of benzene rings is 1. The van der Waals surface area contributed by atoms with Gasteiger partial charge in [0, 0.05) is 13.1 Å². The Morgan fingerprint density at radius 3 is 3.00 bits per heavy atom.